The first-order valence-electron chi connectivity index (χ1n) is 9.57. The molecule has 1 aromatic heterocycles. The molecule has 30 heavy (non-hydrogen) atoms. The summed E-state index contributed by atoms with van der Waals surface area (Å²) in [6.07, 6.45) is 0.157. The lowest BCUT2D eigenvalue weighted by molar-refractivity contribution is -0.147. The van der Waals surface area contributed by atoms with Crippen molar-refractivity contribution in [2.24, 2.45) is 0 Å². The van der Waals surface area contributed by atoms with E-state index in [9.17, 15) is 18.4 Å². The van der Waals surface area contributed by atoms with E-state index in [4.69, 9.17) is 13.9 Å². The number of ether oxygens (including phenoxy) is 2. The molecule has 3 aromatic rings. The third-order valence-corrected chi connectivity index (χ3v) is 4.53. The number of fused-ring (bicyclic) bond motifs is 1. The van der Waals surface area contributed by atoms with Gasteiger partial charge in [0.1, 0.15) is 29.6 Å². The van der Waals surface area contributed by atoms with Crippen molar-refractivity contribution in [3.63, 3.8) is 0 Å². The first-order valence-corrected chi connectivity index (χ1v) is 9.57. The Hall–Kier alpha value is -3.22. The first-order chi connectivity index (χ1) is 14.2. The summed E-state index contributed by atoms with van der Waals surface area (Å²) in [7, 11) is 0. The normalized spacial score (nSPS) is 11.1. The molecule has 0 unspecified atom stereocenters. The molecule has 0 radical (unpaired) electrons. The predicted octanol–water partition coefficient (Wildman–Crippen LogP) is 4.84. The Morgan fingerprint density at radius 3 is 2.50 bits per heavy atom. The van der Waals surface area contributed by atoms with Gasteiger partial charge in [-0.3, -0.25) is 4.79 Å². The number of carbonyl (C=O) groups is 1. The minimum atomic E-state index is -0.722. The number of carbonyl (C=O) groups excluding carboxylic acids is 1. The summed E-state index contributed by atoms with van der Waals surface area (Å²) in [6, 6.07) is 8.19. The monoisotopic (exact) mass is 416 g/mol. The maximum Gasteiger partial charge on any atom is 0.336 e. The molecule has 0 saturated carbocycles. The van der Waals surface area contributed by atoms with Crippen molar-refractivity contribution in [1.29, 1.82) is 0 Å². The summed E-state index contributed by atoms with van der Waals surface area (Å²) in [5.41, 5.74) is 0.904. The van der Waals surface area contributed by atoms with Gasteiger partial charge in [-0.05, 0) is 56.5 Å². The second-order valence-corrected chi connectivity index (χ2v) is 7.23. The number of esters is 1. The van der Waals surface area contributed by atoms with Crippen molar-refractivity contribution in [1.82, 2.24) is 0 Å². The lowest BCUT2D eigenvalue weighted by atomic mass is 10.0. The van der Waals surface area contributed by atoms with Crippen molar-refractivity contribution >= 4 is 16.9 Å². The van der Waals surface area contributed by atoms with E-state index in [1.807, 2.05) is 0 Å². The molecule has 5 nitrogen and oxygen atoms in total. The van der Waals surface area contributed by atoms with Gasteiger partial charge in [-0.25, -0.2) is 13.6 Å². The molecule has 0 aliphatic rings. The molecule has 0 N–H and O–H groups in total. The van der Waals surface area contributed by atoms with Crippen LogP contribution >= 0.6 is 0 Å². The van der Waals surface area contributed by atoms with E-state index in [0.29, 0.717) is 16.5 Å². The van der Waals surface area contributed by atoms with Crippen molar-refractivity contribution in [2.45, 2.75) is 46.3 Å². The molecular formula is C23H22F2O5. The predicted molar refractivity (Wildman–Crippen MR) is 107 cm³/mol. The second kappa shape index (κ2) is 9.07. The summed E-state index contributed by atoms with van der Waals surface area (Å²) in [5, 5.41) is 0.686. The van der Waals surface area contributed by atoms with Crippen molar-refractivity contribution in [2.75, 3.05) is 0 Å². The molecule has 0 aliphatic heterocycles. The van der Waals surface area contributed by atoms with Gasteiger partial charge in [-0.2, -0.15) is 0 Å². The number of rotatable bonds is 7. The van der Waals surface area contributed by atoms with Gasteiger partial charge in [0.25, 0.3) is 0 Å². The minimum absolute atomic E-state index is 0.101. The highest BCUT2D eigenvalue weighted by Gasteiger charge is 2.15. The molecule has 0 spiro atoms. The number of aryl methyl sites for hydroxylation is 2. The van der Waals surface area contributed by atoms with Gasteiger partial charge in [0.15, 0.2) is 0 Å². The fourth-order valence-electron chi connectivity index (χ4n) is 3.10. The zero-order valence-electron chi connectivity index (χ0n) is 17.0. The highest BCUT2D eigenvalue weighted by Crippen LogP contribution is 2.29. The van der Waals surface area contributed by atoms with E-state index < -0.39 is 17.3 Å². The zero-order valence-corrected chi connectivity index (χ0v) is 17.0. The van der Waals surface area contributed by atoms with Crippen LogP contribution in [0.5, 0.6) is 5.75 Å². The maximum atomic E-state index is 13.9. The summed E-state index contributed by atoms with van der Waals surface area (Å²) in [6.45, 7) is 4.93. The van der Waals surface area contributed by atoms with Crippen LogP contribution in [0.2, 0.25) is 0 Å². The quantitative estimate of drug-likeness (QED) is 0.407. The number of hydrogen-bond acceptors (Lipinski definition) is 5. The van der Waals surface area contributed by atoms with E-state index in [-0.39, 0.29) is 48.4 Å². The van der Waals surface area contributed by atoms with E-state index in [0.717, 1.165) is 12.1 Å². The van der Waals surface area contributed by atoms with Crippen LogP contribution in [0.3, 0.4) is 0 Å². The van der Waals surface area contributed by atoms with Gasteiger partial charge in [-0.15, -0.1) is 0 Å². The van der Waals surface area contributed by atoms with E-state index in [1.54, 1.807) is 26.8 Å². The van der Waals surface area contributed by atoms with E-state index in [1.165, 1.54) is 18.2 Å². The highest BCUT2D eigenvalue weighted by atomic mass is 19.1. The molecule has 0 fully saturated rings. The minimum Gasteiger partial charge on any atom is -0.488 e. The van der Waals surface area contributed by atoms with Gasteiger partial charge in [0, 0.05) is 23.9 Å². The van der Waals surface area contributed by atoms with Crippen molar-refractivity contribution in [3.05, 3.63) is 75.1 Å². The number of halogens is 2. The Morgan fingerprint density at radius 1 is 1.13 bits per heavy atom. The van der Waals surface area contributed by atoms with Gasteiger partial charge in [0.05, 0.1) is 11.7 Å². The molecule has 0 aliphatic carbocycles. The topological polar surface area (TPSA) is 65.7 Å². The zero-order chi connectivity index (χ0) is 21.8. The Balaban J connectivity index is 1.94. The highest BCUT2D eigenvalue weighted by molar-refractivity contribution is 5.83. The van der Waals surface area contributed by atoms with Gasteiger partial charge in [0.2, 0.25) is 0 Å². The van der Waals surface area contributed by atoms with Crippen molar-refractivity contribution < 1.29 is 27.5 Å². The molecule has 0 saturated heterocycles. The molecule has 1 heterocycles. The van der Waals surface area contributed by atoms with Crippen LogP contribution in [-0.4, -0.2) is 12.1 Å². The van der Waals surface area contributed by atoms with E-state index in [2.05, 4.69) is 0 Å². The van der Waals surface area contributed by atoms with Crippen LogP contribution in [0.4, 0.5) is 8.78 Å². The average Bonchev–Trinajstić information content (AvgIpc) is 2.65. The van der Waals surface area contributed by atoms with Gasteiger partial charge < -0.3 is 13.9 Å². The van der Waals surface area contributed by atoms with Gasteiger partial charge in [-0.1, -0.05) is 6.07 Å². The van der Waals surface area contributed by atoms with E-state index >= 15 is 0 Å². The fraction of sp³-hybridized carbons (Fsp3) is 0.304. The lowest BCUT2D eigenvalue weighted by Gasteiger charge is -2.14. The summed E-state index contributed by atoms with van der Waals surface area (Å²) in [5.74, 6) is -1.54. The SMILES string of the molecule is Cc1cc(=O)oc2cc(OCc3c(F)cccc3F)c(CCC(=O)OC(C)C)cc12. The standard InChI is InChI=1S/C23H22F2O5/c1-13(2)29-22(26)8-7-15-10-16-14(3)9-23(27)30-21(16)11-20(15)28-12-17-18(24)5-4-6-19(17)25/h4-6,9-11,13H,7-8,12H2,1-3H3. The Bertz CT molecular complexity index is 1110. The number of benzene rings is 2. The molecule has 3 rings (SSSR count). The second-order valence-electron chi connectivity index (χ2n) is 7.23. The Kier molecular flexibility index (Phi) is 6.50. The molecule has 158 valence electrons. The average molecular weight is 416 g/mol. The Morgan fingerprint density at radius 2 is 1.83 bits per heavy atom. The van der Waals surface area contributed by atoms with Crippen LogP contribution in [-0.2, 0) is 22.6 Å². The van der Waals surface area contributed by atoms with Crippen LogP contribution in [0.1, 0.15) is 37.0 Å². The van der Waals surface area contributed by atoms with Gasteiger partial charge >= 0.3 is 11.6 Å². The van der Waals surface area contributed by atoms with Crippen molar-refractivity contribution in [3.8, 4) is 5.75 Å². The maximum absolute atomic E-state index is 13.9. The van der Waals surface area contributed by atoms with Crippen LogP contribution < -0.4 is 10.4 Å². The molecule has 0 bridgehead atoms. The summed E-state index contributed by atoms with van der Waals surface area (Å²) < 4.78 is 44.0. The summed E-state index contributed by atoms with van der Waals surface area (Å²) >= 11 is 0. The Labute approximate surface area is 172 Å². The third-order valence-electron chi connectivity index (χ3n) is 4.53. The van der Waals surface area contributed by atoms with Crippen LogP contribution in [0.25, 0.3) is 11.0 Å². The molecular weight excluding hydrogens is 394 g/mol. The molecule has 2 aromatic carbocycles. The molecule has 0 atom stereocenters. The third kappa shape index (κ3) is 5.03. The first kappa shape index (κ1) is 21.5. The smallest absolute Gasteiger partial charge is 0.336 e. The fourth-order valence-corrected chi connectivity index (χ4v) is 3.10. The summed E-state index contributed by atoms with van der Waals surface area (Å²) in [4.78, 5) is 23.7. The van der Waals surface area contributed by atoms with Crippen LogP contribution in [0.15, 0.2) is 45.6 Å². The number of hydrogen-bond donors (Lipinski definition) is 0. The largest absolute Gasteiger partial charge is 0.488 e. The lowest BCUT2D eigenvalue weighted by Crippen LogP contribution is -2.12. The molecule has 7 heteroatoms. The molecule has 0 amide bonds. The van der Waals surface area contributed by atoms with Crippen LogP contribution in [0, 0.1) is 18.6 Å².